The first-order valence-corrected chi connectivity index (χ1v) is 8.85. The predicted octanol–water partition coefficient (Wildman–Crippen LogP) is 2.70. The van der Waals surface area contributed by atoms with Gasteiger partial charge in [-0.05, 0) is 31.9 Å². The lowest BCUT2D eigenvalue weighted by molar-refractivity contribution is -0.145. The van der Waals surface area contributed by atoms with Gasteiger partial charge in [-0.1, -0.05) is 24.6 Å². The van der Waals surface area contributed by atoms with E-state index in [1.165, 1.54) is 12.7 Å². The molecule has 1 aliphatic rings. The summed E-state index contributed by atoms with van der Waals surface area (Å²) in [6, 6.07) is 7.99. The summed E-state index contributed by atoms with van der Waals surface area (Å²) in [6.07, 6.45) is 0. The lowest BCUT2D eigenvalue weighted by atomic mass is 9.99. The first-order chi connectivity index (χ1) is 12.0. The highest BCUT2D eigenvalue weighted by Crippen LogP contribution is 2.24. The monoisotopic (exact) mass is 475 g/mol. The second-order valence-electron chi connectivity index (χ2n) is 6.41. The van der Waals surface area contributed by atoms with Crippen molar-refractivity contribution in [1.29, 1.82) is 0 Å². The molecule has 0 saturated carbocycles. The standard InChI is InChI=1S/C19H29N3O3.HI/c1-5-20-19(22-12-15(3)17(13-22)18(23)24-4)21-10-11-25-16-8-6-14(2)7-9-16;/h6-9,15,17H,5,10-13H2,1-4H3,(H,20,21);1H. The largest absolute Gasteiger partial charge is 0.492 e. The number of esters is 1. The Hall–Kier alpha value is -1.51. The van der Waals surface area contributed by atoms with Crippen LogP contribution in [0, 0.1) is 18.8 Å². The smallest absolute Gasteiger partial charge is 0.310 e. The fraction of sp³-hybridized carbons (Fsp3) is 0.579. The van der Waals surface area contributed by atoms with E-state index in [2.05, 4.69) is 29.1 Å². The van der Waals surface area contributed by atoms with Crippen LogP contribution in [0.25, 0.3) is 0 Å². The number of carbonyl (C=O) groups excluding carboxylic acids is 1. The number of hydrogen-bond donors (Lipinski definition) is 1. The van der Waals surface area contributed by atoms with Crippen LogP contribution in [0.5, 0.6) is 5.75 Å². The van der Waals surface area contributed by atoms with Crippen LogP contribution in [0.3, 0.4) is 0 Å². The lowest BCUT2D eigenvalue weighted by Gasteiger charge is -2.21. The number of hydrogen-bond acceptors (Lipinski definition) is 4. The summed E-state index contributed by atoms with van der Waals surface area (Å²) in [7, 11) is 1.44. The third-order valence-electron chi connectivity index (χ3n) is 4.39. The van der Waals surface area contributed by atoms with Crippen LogP contribution in [0.1, 0.15) is 19.4 Å². The van der Waals surface area contributed by atoms with Crippen LogP contribution in [-0.4, -0.2) is 56.7 Å². The first kappa shape index (κ1) is 22.5. The molecule has 0 bridgehead atoms. The van der Waals surface area contributed by atoms with Crippen molar-refractivity contribution in [2.24, 2.45) is 16.8 Å². The molecule has 1 saturated heterocycles. The number of nitrogens with one attached hydrogen (secondary N) is 1. The van der Waals surface area contributed by atoms with Crippen molar-refractivity contribution in [2.75, 3.05) is 39.9 Å². The maximum Gasteiger partial charge on any atom is 0.310 e. The fourth-order valence-corrected chi connectivity index (χ4v) is 2.97. The van der Waals surface area contributed by atoms with E-state index in [1.54, 1.807) is 0 Å². The normalized spacial score (nSPS) is 19.7. The summed E-state index contributed by atoms with van der Waals surface area (Å²) in [4.78, 5) is 18.6. The van der Waals surface area contributed by atoms with E-state index in [0.29, 0.717) is 19.7 Å². The van der Waals surface area contributed by atoms with Gasteiger partial charge in [-0.2, -0.15) is 0 Å². The number of nitrogens with zero attached hydrogens (tertiary/aromatic N) is 2. The van der Waals surface area contributed by atoms with Crippen LogP contribution in [-0.2, 0) is 9.53 Å². The third-order valence-corrected chi connectivity index (χ3v) is 4.39. The first-order valence-electron chi connectivity index (χ1n) is 8.85. The average Bonchev–Trinajstić information content (AvgIpc) is 3.00. The molecule has 2 atom stereocenters. The molecule has 0 spiro atoms. The Morgan fingerprint density at radius 2 is 2.00 bits per heavy atom. The topological polar surface area (TPSA) is 63.2 Å². The Kier molecular flexibility index (Phi) is 9.75. The summed E-state index contributed by atoms with van der Waals surface area (Å²) in [6.45, 7) is 9.46. The molecule has 1 heterocycles. The van der Waals surface area contributed by atoms with E-state index >= 15 is 0 Å². The number of halogens is 1. The molecule has 146 valence electrons. The second kappa shape index (κ2) is 11.3. The highest BCUT2D eigenvalue weighted by atomic mass is 127. The summed E-state index contributed by atoms with van der Waals surface area (Å²) in [5, 5.41) is 3.30. The van der Waals surface area contributed by atoms with E-state index < -0.39 is 0 Å². The molecule has 1 aromatic carbocycles. The zero-order valence-electron chi connectivity index (χ0n) is 16.0. The summed E-state index contributed by atoms with van der Waals surface area (Å²) in [5.41, 5.74) is 1.21. The van der Waals surface area contributed by atoms with Crippen LogP contribution < -0.4 is 10.1 Å². The molecule has 7 heteroatoms. The molecule has 0 aromatic heterocycles. The van der Waals surface area contributed by atoms with Gasteiger partial charge < -0.3 is 19.7 Å². The van der Waals surface area contributed by atoms with Crippen LogP contribution in [0.15, 0.2) is 29.3 Å². The molecule has 6 nitrogen and oxygen atoms in total. The van der Waals surface area contributed by atoms with E-state index in [4.69, 9.17) is 9.47 Å². The summed E-state index contributed by atoms with van der Waals surface area (Å²) >= 11 is 0. The quantitative estimate of drug-likeness (QED) is 0.226. The van der Waals surface area contributed by atoms with Crippen molar-refractivity contribution < 1.29 is 14.3 Å². The molecule has 0 radical (unpaired) electrons. The summed E-state index contributed by atoms with van der Waals surface area (Å²) < 4.78 is 10.6. The van der Waals surface area contributed by atoms with Crippen molar-refractivity contribution in [2.45, 2.75) is 20.8 Å². The van der Waals surface area contributed by atoms with E-state index in [9.17, 15) is 4.79 Å². The van der Waals surface area contributed by atoms with Gasteiger partial charge in [0, 0.05) is 19.6 Å². The lowest BCUT2D eigenvalue weighted by Crippen LogP contribution is -2.41. The number of aliphatic imine (C=N–C) groups is 1. The third kappa shape index (κ3) is 6.34. The molecule has 1 fully saturated rings. The van der Waals surface area contributed by atoms with Crippen LogP contribution in [0.2, 0.25) is 0 Å². The number of carbonyl (C=O) groups is 1. The predicted molar refractivity (Wildman–Crippen MR) is 114 cm³/mol. The SMILES string of the molecule is CCNC(=NCCOc1ccc(C)cc1)N1CC(C)C(C(=O)OC)C1.I. The molecule has 0 aliphatic carbocycles. The Morgan fingerprint density at radius 1 is 1.31 bits per heavy atom. The number of benzene rings is 1. The zero-order valence-corrected chi connectivity index (χ0v) is 18.4. The van der Waals surface area contributed by atoms with Gasteiger partial charge in [-0.3, -0.25) is 4.79 Å². The number of rotatable bonds is 6. The fourth-order valence-electron chi connectivity index (χ4n) is 2.97. The Morgan fingerprint density at radius 3 is 2.62 bits per heavy atom. The van der Waals surface area contributed by atoms with Gasteiger partial charge in [-0.15, -0.1) is 24.0 Å². The van der Waals surface area contributed by atoms with Crippen molar-refractivity contribution in [3.05, 3.63) is 29.8 Å². The molecule has 1 aromatic rings. The molecule has 2 rings (SSSR count). The Labute approximate surface area is 173 Å². The van der Waals surface area contributed by atoms with Gasteiger partial charge in [-0.25, -0.2) is 4.99 Å². The molecule has 1 N–H and O–H groups in total. The maximum atomic E-state index is 11.9. The Balaban J connectivity index is 0.00000338. The van der Waals surface area contributed by atoms with Gasteiger partial charge in [0.05, 0.1) is 19.6 Å². The number of likely N-dealkylation sites (tertiary alicyclic amines) is 1. The van der Waals surface area contributed by atoms with Gasteiger partial charge in [0.15, 0.2) is 5.96 Å². The Bertz CT molecular complexity index is 592. The van der Waals surface area contributed by atoms with Crippen molar-refractivity contribution in [3.8, 4) is 5.75 Å². The van der Waals surface area contributed by atoms with E-state index in [-0.39, 0.29) is 41.8 Å². The van der Waals surface area contributed by atoms with Crippen LogP contribution in [0.4, 0.5) is 0 Å². The van der Waals surface area contributed by atoms with Gasteiger partial charge >= 0.3 is 5.97 Å². The number of ether oxygens (including phenoxy) is 2. The second-order valence-corrected chi connectivity index (χ2v) is 6.41. The highest BCUT2D eigenvalue weighted by Gasteiger charge is 2.36. The minimum absolute atomic E-state index is 0. The van der Waals surface area contributed by atoms with Crippen molar-refractivity contribution >= 4 is 35.9 Å². The number of aryl methyl sites for hydroxylation is 1. The van der Waals surface area contributed by atoms with Crippen LogP contribution >= 0.6 is 24.0 Å². The van der Waals surface area contributed by atoms with Gasteiger partial charge in [0.2, 0.25) is 0 Å². The van der Waals surface area contributed by atoms with Gasteiger partial charge in [0.25, 0.3) is 0 Å². The number of methoxy groups -OCH3 is 1. The molecular formula is C19H30IN3O3. The molecule has 0 amide bonds. The maximum absolute atomic E-state index is 11.9. The molecule has 2 unspecified atom stereocenters. The highest BCUT2D eigenvalue weighted by molar-refractivity contribution is 14.0. The molecule has 1 aliphatic heterocycles. The number of guanidine groups is 1. The van der Waals surface area contributed by atoms with Gasteiger partial charge in [0.1, 0.15) is 12.4 Å². The minimum Gasteiger partial charge on any atom is -0.492 e. The molecule has 26 heavy (non-hydrogen) atoms. The summed E-state index contributed by atoms with van der Waals surface area (Å²) in [5.74, 6) is 1.69. The minimum atomic E-state index is -0.145. The zero-order chi connectivity index (χ0) is 18.2. The van der Waals surface area contributed by atoms with E-state index in [0.717, 1.165) is 24.8 Å². The van der Waals surface area contributed by atoms with Crippen molar-refractivity contribution in [1.82, 2.24) is 10.2 Å². The van der Waals surface area contributed by atoms with Crippen molar-refractivity contribution in [3.63, 3.8) is 0 Å². The average molecular weight is 475 g/mol. The van der Waals surface area contributed by atoms with E-state index in [1.807, 2.05) is 31.2 Å². The molecular weight excluding hydrogens is 445 g/mol.